The molecule has 0 heterocycles. The Balaban J connectivity index is 3.16. The molecule has 1 unspecified atom stereocenters. The van der Waals surface area contributed by atoms with Gasteiger partial charge in [-0.2, -0.15) is 13.2 Å². The van der Waals surface area contributed by atoms with Crippen molar-refractivity contribution in [1.82, 2.24) is 0 Å². The Morgan fingerprint density at radius 1 is 1.11 bits per heavy atom. The highest BCUT2D eigenvalue weighted by atomic mass is 19.4. The van der Waals surface area contributed by atoms with Gasteiger partial charge in [0.2, 0.25) is 0 Å². The number of rotatable bonds is 3. The van der Waals surface area contributed by atoms with Crippen LogP contribution in [-0.2, 0) is 10.5 Å². The molecule has 1 aromatic rings. The summed E-state index contributed by atoms with van der Waals surface area (Å²) in [6, 6.07) is 2.61. The average Bonchev–Trinajstić information content (AvgIpc) is 2.26. The number of benzene rings is 1. The van der Waals surface area contributed by atoms with Crippen molar-refractivity contribution >= 4 is 5.97 Å². The van der Waals surface area contributed by atoms with E-state index in [-0.39, 0.29) is 5.75 Å². The predicted octanol–water partition coefficient (Wildman–Crippen LogP) is 3.60. The normalized spacial score (nSPS) is 15.2. The van der Waals surface area contributed by atoms with E-state index in [9.17, 15) is 31.1 Å². The van der Waals surface area contributed by atoms with E-state index in [1.807, 2.05) is 0 Å². The molecule has 0 aliphatic rings. The van der Waals surface area contributed by atoms with Crippen molar-refractivity contribution in [2.24, 2.45) is 0 Å². The maximum absolute atomic E-state index is 13.6. The molecule has 0 saturated carbocycles. The van der Waals surface area contributed by atoms with Crippen LogP contribution in [0.2, 0.25) is 0 Å². The van der Waals surface area contributed by atoms with Crippen LogP contribution in [0.15, 0.2) is 24.3 Å². The molecule has 1 atom stereocenters. The van der Waals surface area contributed by atoms with Crippen LogP contribution in [0.4, 0.5) is 26.3 Å². The molecule has 0 aromatic heterocycles. The number of esters is 1. The van der Waals surface area contributed by atoms with Gasteiger partial charge in [-0.1, -0.05) is 12.1 Å². The molecule has 19 heavy (non-hydrogen) atoms. The van der Waals surface area contributed by atoms with Crippen LogP contribution in [-0.4, -0.2) is 18.6 Å². The number of carbonyl (C=O) groups is 1. The summed E-state index contributed by atoms with van der Waals surface area (Å²) >= 11 is 0. The van der Waals surface area contributed by atoms with E-state index in [0.717, 1.165) is 19.1 Å². The molecule has 2 nitrogen and oxygen atoms in total. The van der Waals surface area contributed by atoms with Crippen LogP contribution in [0.1, 0.15) is 12.5 Å². The third-order valence-corrected chi connectivity index (χ3v) is 2.25. The summed E-state index contributed by atoms with van der Waals surface area (Å²) in [5.74, 6) is -0.918. The van der Waals surface area contributed by atoms with Gasteiger partial charge in [0, 0.05) is 12.5 Å². The highest BCUT2D eigenvalue weighted by Crippen LogP contribution is 2.47. The van der Waals surface area contributed by atoms with E-state index in [0.29, 0.717) is 12.1 Å². The maximum atomic E-state index is 13.6. The van der Waals surface area contributed by atoms with Crippen molar-refractivity contribution in [3.63, 3.8) is 0 Å². The lowest BCUT2D eigenvalue weighted by Crippen LogP contribution is -2.44. The molecule has 0 amide bonds. The summed E-state index contributed by atoms with van der Waals surface area (Å²) in [4.78, 5) is 10.6. The first-order chi connectivity index (χ1) is 8.59. The van der Waals surface area contributed by atoms with E-state index >= 15 is 0 Å². The van der Waals surface area contributed by atoms with Crippen LogP contribution in [0.25, 0.3) is 0 Å². The second-order valence-corrected chi connectivity index (χ2v) is 3.63. The van der Waals surface area contributed by atoms with Crippen molar-refractivity contribution in [2.75, 3.05) is 0 Å². The van der Waals surface area contributed by atoms with Gasteiger partial charge in [-0.05, 0) is 12.1 Å². The van der Waals surface area contributed by atoms with Crippen molar-refractivity contribution in [3.05, 3.63) is 29.8 Å². The van der Waals surface area contributed by atoms with Gasteiger partial charge >= 0.3 is 12.1 Å². The molecule has 8 heteroatoms. The van der Waals surface area contributed by atoms with Crippen LogP contribution < -0.4 is 4.74 Å². The molecule has 0 aliphatic heterocycles. The topological polar surface area (TPSA) is 26.3 Å². The van der Waals surface area contributed by atoms with E-state index in [1.54, 1.807) is 0 Å². The predicted molar refractivity (Wildman–Crippen MR) is 52.6 cm³/mol. The van der Waals surface area contributed by atoms with Gasteiger partial charge in [0.1, 0.15) is 5.75 Å². The highest BCUT2D eigenvalue weighted by Gasteiger charge is 2.63. The standard InChI is InChI=1S/C11H8F6O2/c1-6(18)19-8-4-2-7(3-5-8)10(14,9(12)13)11(15,16)17/h2-5,9H,1H3. The van der Waals surface area contributed by atoms with Crippen LogP contribution in [0.5, 0.6) is 5.75 Å². The first kappa shape index (κ1) is 15.3. The molecular formula is C11H8F6O2. The maximum Gasteiger partial charge on any atom is 0.432 e. The minimum atomic E-state index is -5.76. The first-order valence-electron chi connectivity index (χ1n) is 4.91. The molecule has 0 saturated heterocycles. The SMILES string of the molecule is CC(=O)Oc1ccc(C(F)(C(F)F)C(F)(F)F)cc1. The summed E-state index contributed by atoms with van der Waals surface area (Å²) in [5, 5.41) is 0. The van der Waals surface area contributed by atoms with Crippen molar-refractivity contribution in [2.45, 2.75) is 25.2 Å². The number of halogens is 6. The first-order valence-corrected chi connectivity index (χ1v) is 4.91. The average molecular weight is 286 g/mol. The Kier molecular flexibility index (Phi) is 4.12. The van der Waals surface area contributed by atoms with Crippen LogP contribution in [0, 0.1) is 0 Å². The van der Waals surface area contributed by atoms with E-state index < -0.39 is 29.8 Å². The van der Waals surface area contributed by atoms with Gasteiger partial charge in [0.25, 0.3) is 12.1 Å². The molecule has 0 spiro atoms. The molecule has 0 fully saturated rings. The Bertz CT molecular complexity index is 453. The van der Waals surface area contributed by atoms with E-state index in [4.69, 9.17) is 0 Å². The van der Waals surface area contributed by atoms with Gasteiger partial charge in [-0.15, -0.1) is 0 Å². The van der Waals surface area contributed by atoms with Crippen LogP contribution >= 0.6 is 0 Å². The molecule has 1 rings (SSSR count). The lowest BCUT2D eigenvalue weighted by atomic mass is 9.95. The minimum absolute atomic E-state index is 0.171. The van der Waals surface area contributed by atoms with Crippen molar-refractivity contribution in [1.29, 1.82) is 0 Å². The Hall–Kier alpha value is -1.73. The molecule has 0 bridgehead atoms. The van der Waals surface area contributed by atoms with E-state index in [1.165, 1.54) is 0 Å². The molecular weight excluding hydrogens is 278 g/mol. The van der Waals surface area contributed by atoms with Gasteiger partial charge in [0.05, 0.1) is 0 Å². The van der Waals surface area contributed by atoms with Crippen molar-refractivity contribution in [3.8, 4) is 5.75 Å². The molecule has 0 N–H and O–H groups in total. The fraction of sp³-hybridized carbons (Fsp3) is 0.364. The summed E-state index contributed by atoms with van der Waals surface area (Å²) < 4.78 is 80.1. The molecule has 106 valence electrons. The summed E-state index contributed by atoms with van der Waals surface area (Å²) in [7, 11) is 0. The fourth-order valence-corrected chi connectivity index (χ4v) is 1.34. The minimum Gasteiger partial charge on any atom is -0.427 e. The monoisotopic (exact) mass is 286 g/mol. The number of carbonyl (C=O) groups excluding carboxylic acids is 1. The lowest BCUT2D eigenvalue weighted by molar-refractivity contribution is -0.274. The summed E-state index contributed by atoms with van der Waals surface area (Å²) in [5.41, 5.74) is -6.02. The molecule has 0 aliphatic carbocycles. The van der Waals surface area contributed by atoms with Crippen molar-refractivity contribution < 1.29 is 35.9 Å². The summed E-state index contributed by atoms with van der Waals surface area (Å²) in [6.45, 7) is 1.04. The lowest BCUT2D eigenvalue weighted by Gasteiger charge is -2.27. The zero-order valence-corrected chi connectivity index (χ0v) is 9.47. The van der Waals surface area contributed by atoms with E-state index in [2.05, 4.69) is 4.74 Å². The van der Waals surface area contributed by atoms with Gasteiger partial charge in [0.15, 0.2) is 0 Å². The fourth-order valence-electron chi connectivity index (χ4n) is 1.34. The largest absolute Gasteiger partial charge is 0.432 e. The number of hydrogen-bond acceptors (Lipinski definition) is 2. The Morgan fingerprint density at radius 2 is 1.58 bits per heavy atom. The number of hydrogen-bond donors (Lipinski definition) is 0. The molecule has 0 radical (unpaired) electrons. The van der Waals surface area contributed by atoms with Crippen LogP contribution in [0.3, 0.4) is 0 Å². The van der Waals surface area contributed by atoms with Gasteiger partial charge in [-0.3, -0.25) is 4.79 Å². The third-order valence-electron chi connectivity index (χ3n) is 2.25. The second kappa shape index (κ2) is 5.10. The van der Waals surface area contributed by atoms with Gasteiger partial charge in [-0.25, -0.2) is 13.2 Å². The number of alkyl halides is 6. The zero-order valence-electron chi connectivity index (χ0n) is 9.47. The smallest absolute Gasteiger partial charge is 0.427 e. The third kappa shape index (κ3) is 2.99. The zero-order chi connectivity index (χ0) is 14.8. The highest BCUT2D eigenvalue weighted by molar-refractivity contribution is 5.69. The molecule has 1 aromatic carbocycles. The number of ether oxygens (including phenoxy) is 1. The van der Waals surface area contributed by atoms with Gasteiger partial charge < -0.3 is 4.74 Å². The Morgan fingerprint density at radius 3 is 1.89 bits per heavy atom. The second-order valence-electron chi connectivity index (χ2n) is 3.63. The summed E-state index contributed by atoms with van der Waals surface area (Å²) in [6.07, 6.45) is -10.0. The quantitative estimate of drug-likeness (QED) is 0.482. The Labute approximate surface area is 104 Å².